The number of nitrogens with zero attached hydrogens (tertiary/aromatic N) is 2. The van der Waals surface area contributed by atoms with Gasteiger partial charge in [0.25, 0.3) is 0 Å². The standard InChI is InChI=1S/C26H26N2O3S/c1-19-7-10-21(11-8-19)25-27-23(18-32-25)17-31-26(30)22-13-15-28(16-14-22)24(29)12-9-20-5-3-2-4-6-20/h2-12,18,22H,13-17H2,1H3/b12-9+. The molecule has 1 saturated heterocycles. The minimum atomic E-state index is -0.207. The Morgan fingerprint density at radius 2 is 1.81 bits per heavy atom. The molecule has 1 aromatic heterocycles. The normalized spacial score (nSPS) is 14.6. The van der Waals surface area contributed by atoms with E-state index in [1.807, 2.05) is 53.9 Å². The van der Waals surface area contributed by atoms with Crippen molar-refractivity contribution in [2.24, 2.45) is 5.92 Å². The van der Waals surface area contributed by atoms with E-state index >= 15 is 0 Å². The third-order valence-corrected chi connectivity index (χ3v) is 6.51. The highest BCUT2D eigenvalue weighted by molar-refractivity contribution is 7.13. The second-order valence-corrected chi connectivity index (χ2v) is 8.82. The minimum absolute atomic E-state index is 0.0215. The quantitative estimate of drug-likeness (QED) is 0.390. The van der Waals surface area contributed by atoms with E-state index in [2.05, 4.69) is 24.0 Å². The summed E-state index contributed by atoms with van der Waals surface area (Å²) in [5.74, 6) is -0.402. The Bertz CT molecular complexity index is 1080. The topological polar surface area (TPSA) is 59.5 Å². The SMILES string of the molecule is Cc1ccc(-c2nc(COC(=O)C3CCN(C(=O)/C=C/c4ccccc4)CC3)cs2)cc1. The van der Waals surface area contributed by atoms with Crippen molar-refractivity contribution < 1.29 is 14.3 Å². The molecule has 0 spiro atoms. The Labute approximate surface area is 192 Å². The molecule has 1 aliphatic heterocycles. The highest BCUT2D eigenvalue weighted by atomic mass is 32.1. The summed E-state index contributed by atoms with van der Waals surface area (Å²) in [7, 11) is 0. The molecule has 0 saturated carbocycles. The van der Waals surface area contributed by atoms with Crippen LogP contribution in [0.2, 0.25) is 0 Å². The van der Waals surface area contributed by atoms with Crippen LogP contribution in [0.1, 0.15) is 29.7 Å². The number of amides is 1. The zero-order chi connectivity index (χ0) is 22.3. The molecule has 1 amide bonds. The lowest BCUT2D eigenvalue weighted by Crippen LogP contribution is -2.39. The molecule has 0 atom stereocenters. The third-order valence-electron chi connectivity index (χ3n) is 5.57. The predicted octanol–water partition coefficient (Wildman–Crippen LogP) is 5.11. The van der Waals surface area contributed by atoms with E-state index in [0.717, 1.165) is 21.8 Å². The fourth-order valence-corrected chi connectivity index (χ4v) is 4.45. The molecule has 0 aliphatic carbocycles. The second kappa shape index (κ2) is 10.4. The summed E-state index contributed by atoms with van der Waals surface area (Å²) in [6, 6.07) is 18.0. The molecular weight excluding hydrogens is 420 g/mol. The van der Waals surface area contributed by atoms with Crippen molar-refractivity contribution in [2.75, 3.05) is 13.1 Å². The first kappa shape index (κ1) is 22.0. The molecule has 0 bridgehead atoms. The summed E-state index contributed by atoms with van der Waals surface area (Å²) in [5, 5.41) is 2.86. The van der Waals surface area contributed by atoms with Gasteiger partial charge in [0.2, 0.25) is 5.91 Å². The zero-order valence-corrected chi connectivity index (χ0v) is 18.9. The molecule has 6 heteroatoms. The first-order valence-corrected chi connectivity index (χ1v) is 11.7. The van der Waals surface area contributed by atoms with Crippen LogP contribution in [0.25, 0.3) is 16.6 Å². The number of ether oxygens (including phenoxy) is 1. The lowest BCUT2D eigenvalue weighted by Gasteiger charge is -2.30. The molecule has 1 fully saturated rings. The van der Waals surface area contributed by atoms with Crippen LogP contribution in [0, 0.1) is 12.8 Å². The summed E-state index contributed by atoms with van der Waals surface area (Å²) in [6.07, 6.45) is 4.66. The average Bonchev–Trinajstić information content (AvgIpc) is 3.31. The molecule has 2 heterocycles. The lowest BCUT2D eigenvalue weighted by molar-refractivity contribution is -0.152. The molecule has 1 aliphatic rings. The zero-order valence-electron chi connectivity index (χ0n) is 18.1. The minimum Gasteiger partial charge on any atom is -0.459 e. The summed E-state index contributed by atoms with van der Waals surface area (Å²) >= 11 is 1.55. The monoisotopic (exact) mass is 446 g/mol. The molecule has 0 radical (unpaired) electrons. The Balaban J connectivity index is 1.23. The fourth-order valence-electron chi connectivity index (χ4n) is 3.64. The van der Waals surface area contributed by atoms with Crippen molar-refractivity contribution >= 4 is 29.3 Å². The molecule has 32 heavy (non-hydrogen) atoms. The number of aryl methyl sites for hydroxylation is 1. The van der Waals surface area contributed by atoms with Gasteiger partial charge in [-0.15, -0.1) is 11.3 Å². The van der Waals surface area contributed by atoms with Crippen molar-refractivity contribution in [2.45, 2.75) is 26.4 Å². The number of likely N-dealkylation sites (tertiary alicyclic amines) is 1. The molecule has 2 aromatic carbocycles. The number of hydrogen-bond donors (Lipinski definition) is 0. The van der Waals surface area contributed by atoms with Gasteiger partial charge in [0.15, 0.2) is 0 Å². The van der Waals surface area contributed by atoms with E-state index < -0.39 is 0 Å². The van der Waals surface area contributed by atoms with E-state index in [1.54, 1.807) is 22.3 Å². The Morgan fingerprint density at radius 3 is 2.53 bits per heavy atom. The van der Waals surface area contributed by atoms with Crippen LogP contribution in [0.3, 0.4) is 0 Å². The molecule has 0 N–H and O–H groups in total. The predicted molar refractivity (Wildman–Crippen MR) is 127 cm³/mol. The Kier molecular flexibility index (Phi) is 7.12. The third kappa shape index (κ3) is 5.71. The van der Waals surface area contributed by atoms with Crippen LogP contribution in [-0.4, -0.2) is 34.8 Å². The highest BCUT2D eigenvalue weighted by Gasteiger charge is 2.27. The Morgan fingerprint density at radius 1 is 1.09 bits per heavy atom. The van der Waals surface area contributed by atoms with Gasteiger partial charge in [0, 0.05) is 30.1 Å². The number of carbonyl (C=O) groups excluding carboxylic acids is 2. The largest absolute Gasteiger partial charge is 0.459 e. The summed E-state index contributed by atoms with van der Waals surface area (Å²) in [4.78, 5) is 31.3. The van der Waals surface area contributed by atoms with E-state index in [9.17, 15) is 9.59 Å². The molecule has 164 valence electrons. The van der Waals surface area contributed by atoms with Gasteiger partial charge in [-0.25, -0.2) is 4.98 Å². The number of rotatable bonds is 6. The van der Waals surface area contributed by atoms with Crippen LogP contribution in [0.5, 0.6) is 0 Å². The number of piperidine rings is 1. The van der Waals surface area contributed by atoms with E-state index in [4.69, 9.17) is 4.74 Å². The Hall–Kier alpha value is -3.25. The lowest BCUT2D eigenvalue weighted by atomic mass is 9.97. The molecule has 0 unspecified atom stereocenters. The van der Waals surface area contributed by atoms with Crippen molar-refractivity contribution in [3.05, 3.63) is 82.9 Å². The summed E-state index contributed by atoms with van der Waals surface area (Å²) in [6.45, 7) is 3.36. The van der Waals surface area contributed by atoms with Gasteiger partial charge >= 0.3 is 5.97 Å². The summed E-state index contributed by atoms with van der Waals surface area (Å²) in [5.41, 5.74) is 4.03. The van der Waals surface area contributed by atoms with Gasteiger partial charge < -0.3 is 9.64 Å². The van der Waals surface area contributed by atoms with Crippen molar-refractivity contribution in [1.82, 2.24) is 9.88 Å². The van der Waals surface area contributed by atoms with Crippen molar-refractivity contribution in [3.8, 4) is 10.6 Å². The van der Waals surface area contributed by atoms with Gasteiger partial charge in [0.05, 0.1) is 11.6 Å². The average molecular weight is 447 g/mol. The second-order valence-electron chi connectivity index (χ2n) is 7.96. The van der Waals surface area contributed by atoms with Crippen molar-refractivity contribution in [3.63, 3.8) is 0 Å². The van der Waals surface area contributed by atoms with Crippen LogP contribution in [0.4, 0.5) is 0 Å². The fraction of sp³-hybridized carbons (Fsp3) is 0.269. The van der Waals surface area contributed by atoms with Crippen LogP contribution < -0.4 is 0 Å². The van der Waals surface area contributed by atoms with Gasteiger partial charge in [-0.1, -0.05) is 60.2 Å². The first-order chi connectivity index (χ1) is 15.6. The maximum Gasteiger partial charge on any atom is 0.309 e. The van der Waals surface area contributed by atoms with Crippen LogP contribution in [0.15, 0.2) is 66.1 Å². The number of thiazole rings is 1. The number of benzene rings is 2. The van der Waals surface area contributed by atoms with E-state index in [-0.39, 0.29) is 24.4 Å². The van der Waals surface area contributed by atoms with Gasteiger partial charge in [-0.2, -0.15) is 0 Å². The van der Waals surface area contributed by atoms with Gasteiger partial charge in [-0.05, 0) is 31.4 Å². The molecule has 5 nitrogen and oxygen atoms in total. The number of esters is 1. The maximum absolute atomic E-state index is 12.5. The van der Waals surface area contributed by atoms with E-state index in [1.165, 1.54) is 5.56 Å². The van der Waals surface area contributed by atoms with Crippen LogP contribution in [-0.2, 0) is 20.9 Å². The molecular formula is C26H26N2O3S. The maximum atomic E-state index is 12.5. The number of carbonyl (C=O) groups is 2. The van der Waals surface area contributed by atoms with Gasteiger partial charge in [0.1, 0.15) is 11.6 Å². The number of hydrogen-bond acceptors (Lipinski definition) is 5. The highest BCUT2D eigenvalue weighted by Crippen LogP contribution is 2.25. The molecule has 3 aromatic rings. The molecule has 4 rings (SSSR count). The summed E-state index contributed by atoms with van der Waals surface area (Å²) < 4.78 is 5.52. The van der Waals surface area contributed by atoms with Crippen molar-refractivity contribution in [1.29, 1.82) is 0 Å². The first-order valence-electron chi connectivity index (χ1n) is 10.8. The van der Waals surface area contributed by atoms with Gasteiger partial charge in [-0.3, -0.25) is 9.59 Å². The van der Waals surface area contributed by atoms with Crippen LogP contribution >= 0.6 is 11.3 Å². The number of aromatic nitrogens is 1. The van der Waals surface area contributed by atoms with E-state index in [0.29, 0.717) is 25.9 Å². The smallest absolute Gasteiger partial charge is 0.309 e.